The van der Waals surface area contributed by atoms with E-state index in [0.717, 1.165) is 50.7 Å². The molecule has 0 saturated carbocycles. The van der Waals surface area contributed by atoms with E-state index in [1.807, 2.05) is 58.2 Å². The minimum Gasteiger partial charge on any atom is -0.357 e. The smallest absolute Gasteiger partial charge is 0.191 e. The Balaban J connectivity index is 1.43. The van der Waals surface area contributed by atoms with Crippen LogP contribution >= 0.6 is 0 Å². The summed E-state index contributed by atoms with van der Waals surface area (Å²) >= 11 is 0. The molecule has 2 heterocycles. The number of para-hydroxylation sites is 1. The van der Waals surface area contributed by atoms with Crippen molar-refractivity contribution in [2.45, 2.75) is 26.3 Å². The minimum absolute atomic E-state index is 0.765. The number of aryl methyl sites for hydroxylation is 1. The summed E-state index contributed by atoms with van der Waals surface area (Å²) in [7, 11) is 0. The van der Waals surface area contributed by atoms with Crippen LogP contribution in [0.25, 0.3) is 5.69 Å². The Morgan fingerprint density at radius 3 is 2.78 bits per heavy atom. The summed E-state index contributed by atoms with van der Waals surface area (Å²) < 4.78 is 3.84. The number of hydrogen-bond donors (Lipinski definition) is 2. The van der Waals surface area contributed by atoms with E-state index in [9.17, 15) is 0 Å². The predicted octanol–water partition coefficient (Wildman–Crippen LogP) is 2.26. The molecule has 0 fully saturated rings. The molecule has 0 aliphatic heterocycles. The fourth-order valence-electron chi connectivity index (χ4n) is 2.73. The molecule has 0 aliphatic carbocycles. The first kappa shape index (κ1) is 18.7. The second-order valence-electron chi connectivity index (χ2n) is 6.19. The number of aliphatic imine (C=N–C) groups is 1. The summed E-state index contributed by atoms with van der Waals surface area (Å²) in [6, 6.07) is 12.1. The van der Waals surface area contributed by atoms with Gasteiger partial charge in [-0.25, -0.2) is 4.68 Å². The average molecular weight is 365 g/mol. The second-order valence-corrected chi connectivity index (χ2v) is 6.19. The first-order valence-electron chi connectivity index (χ1n) is 9.43. The molecule has 142 valence electrons. The third-order valence-electron chi connectivity index (χ3n) is 4.08. The number of nitrogens with zero attached hydrogens (tertiary/aromatic N) is 5. The highest BCUT2D eigenvalue weighted by molar-refractivity contribution is 5.79. The molecule has 3 aromatic rings. The van der Waals surface area contributed by atoms with Gasteiger partial charge in [0.1, 0.15) is 0 Å². The maximum absolute atomic E-state index is 4.63. The average Bonchev–Trinajstić information content (AvgIpc) is 3.38. The molecule has 2 aromatic heterocycles. The summed E-state index contributed by atoms with van der Waals surface area (Å²) in [4.78, 5) is 4.63. The van der Waals surface area contributed by atoms with E-state index in [4.69, 9.17) is 0 Å². The van der Waals surface area contributed by atoms with Gasteiger partial charge in [0, 0.05) is 44.8 Å². The first-order chi connectivity index (χ1) is 13.3. The molecule has 0 spiro atoms. The zero-order chi connectivity index (χ0) is 18.7. The van der Waals surface area contributed by atoms with E-state index in [0.29, 0.717) is 0 Å². The standard InChI is InChI=1S/C20H27N7/c1-2-21-20(22-11-6-14-26-15-7-12-24-26)23-13-10-18-16-25-27(17-18)19-8-4-3-5-9-19/h3-5,7-9,12,15-17H,2,6,10-11,13-14H2,1H3,(H2,21,22,23). The van der Waals surface area contributed by atoms with Crippen molar-refractivity contribution in [3.63, 3.8) is 0 Å². The Hall–Kier alpha value is -3.09. The number of rotatable bonds is 9. The van der Waals surface area contributed by atoms with Crippen molar-refractivity contribution in [2.75, 3.05) is 19.6 Å². The van der Waals surface area contributed by atoms with Crippen LogP contribution in [0, 0.1) is 0 Å². The third kappa shape index (κ3) is 5.99. The first-order valence-corrected chi connectivity index (χ1v) is 9.43. The van der Waals surface area contributed by atoms with Crippen LogP contribution in [-0.2, 0) is 13.0 Å². The summed E-state index contributed by atoms with van der Waals surface area (Å²) in [6.45, 7) is 5.38. The molecule has 1 aromatic carbocycles. The van der Waals surface area contributed by atoms with Gasteiger partial charge in [0.05, 0.1) is 11.9 Å². The van der Waals surface area contributed by atoms with E-state index < -0.39 is 0 Å². The Morgan fingerprint density at radius 2 is 2.00 bits per heavy atom. The lowest BCUT2D eigenvalue weighted by Gasteiger charge is -2.10. The maximum atomic E-state index is 4.63. The quantitative estimate of drug-likeness (QED) is 0.347. The van der Waals surface area contributed by atoms with Crippen LogP contribution in [0.4, 0.5) is 0 Å². The van der Waals surface area contributed by atoms with Gasteiger partial charge in [0.2, 0.25) is 0 Å². The lowest BCUT2D eigenvalue weighted by molar-refractivity contribution is 0.584. The molecule has 0 amide bonds. The monoisotopic (exact) mass is 365 g/mol. The van der Waals surface area contributed by atoms with Gasteiger partial charge < -0.3 is 10.6 Å². The zero-order valence-electron chi connectivity index (χ0n) is 15.8. The van der Waals surface area contributed by atoms with Gasteiger partial charge in [-0.05, 0) is 43.5 Å². The van der Waals surface area contributed by atoms with Crippen molar-refractivity contribution >= 4 is 5.96 Å². The normalized spacial score (nSPS) is 11.5. The van der Waals surface area contributed by atoms with Gasteiger partial charge in [-0.2, -0.15) is 10.2 Å². The molecule has 0 unspecified atom stereocenters. The fourth-order valence-corrected chi connectivity index (χ4v) is 2.73. The van der Waals surface area contributed by atoms with E-state index in [1.165, 1.54) is 5.56 Å². The van der Waals surface area contributed by atoms with E-state index >= 15 is 0 Å². The molecule has 7 nitrogen and oxygen atoms in total. The molecule has 0 bridgehead atoms. The highest BCUT2D eigenvalue weighted by Gasteiger charge is 2.02. The van der Waals surface area contributed by atoms with Gasteiger partial charge in [-0.1, -0.05) is 18.2 Å². The van der Waals surface area contributed by atoms with Gasteiger partial charge in [0.15, 0.2) is 5.96 Å². The number of aromatic nitrogens is 4. The Labute approximate surface area is 160 Å². The molecule has 7 heteroatoms. The van der Waals surface area contributed by atoms with E-state index in [2.05, 4.69) is 38.9 Å². The zero-order valence-corrected chi connectivity index (χ0v) is 15.8. The van der Waals surface area contributed by atoms with Crippen molar-refractivity contribution in [3.05, 3.63) is 66.7 Å². The molecular weight excluding hydrogens is 338 g/mol. The lowest BCUT2D eigenvalue weighted by Crippen LogP contribution is -2.38. The predicted molar refractivity (Wildman–Crippen MR) is 108 cm³/mol. The van der Waals surface area contributed by atoms with Crippen LogP contribution in [0.3, 0.4) is 0 Å². The number of hydrogen-bond acceptors (Lipinski definition) is 3. The summed E-state index contributed by atoms with van der Waals surface area (Å²) in [6.07, 6.45) is 9.62. The lowest BCUT2D eigenvalue weighted by atomic mass is 10.2. The van der Waals surface area contributed by atoms with Crippen LogP contribution in [-0.4, -0.2) is 45.2 Å². The molecule has 2 N–H and O–H groups in total. The SMILES string of the molecule is CCNC(=NCCCn1cccn1)NCCc1cnn(-c2ccccc2)c1. The highest BCUT2D eigenvalue weighted by Crippen LogP contribution is 2.07. The van der Waals surface area contributed by atoms with Crippen molar-refractivity contribution in [1.82, 2.24) is 30.2 Å². The molecular formula is C20H27N7. The van der Waals surface area contributed by atoms with E-state index in [-0.39, 0.29) is 0 Å². The van der Waals surface area contributed by atoms with Crippen molar-refractivity contribution < 1.29 is 0 Å². The van der Waals surface area contributed by atoms with Gasteiger partial charge >= 0.3 is 0 Å². The van der Waals surface area contributed by atoms with Crippen LogP contribution in [0.2, 0.25) is 0 Å². The Kier molecular flexibility index (Phi) is 7.03. The number of nitrogens with one attached hydrogen (secondary N) is 2. The molecule has 0 atom stereocenters. The van der Waals surface area contributed by atoms with Crippen LogP contribution < -0.4 is 10.6 Å². The molecule has 0 aliphatic rings. The molecule has 3 rings (SSSR count). The molecule has 0 saturated heterocycles. The number of guanidine groups is 1. The summed E-state index contributed by atoms with van der Waals surface area (Å²) in [5.74, 6) is 0.855. The minimum atomic E-state index is 0.765. The topological polar surface area (TPSA) is 72.1 Å². The molecule has 27 heavy (non-hydrogen) atoms. The van der Waals surface area contributed by atoms with Gasteiger partial charge in [-0.15, -0.1) is 0 Å². The van der Waals surface area contributed by atoms with Crippen molar-refractivity contribution in [1.29, 1.82) is 0 Å². The van der Waals surface area contributed by atoms with Crippen molar-refractivity contribution in [3.8, 4) is 5.69 Å². The third-order valence-corrected chi connectivity index (χ3v) is 4.08. The maximum Gasteiger partial charge on any atom is 0.191 e. The van der Waals surface area contributed by atoms with Crippen LogP contribution in [0.1, 0.15) is 18.9 Å². The van der Waals surface area contributed by atoms with Crippen LogP contribution in [0.5, 0.6) is 0 Å². The Bertz CT molecular complexity index is 806. The van der Waals surface area contributed by atoms with Gasteiger partial charge in [-0.3, -0.25) is 9.67 Å². The summed E-state index contributed by atoms with van der Waals surface area (Å²) in [5.41, 5.74) is 2.27. The second kappa shape index (κ2) is 10.2. The molecule has 0 radical (unpaired) electrons. The summed E-state index contributed by atoms with van der Waals surface area (Å²) in [5, 5.41) is 15.3. The van der Waals surface area contributed by atoms with Crippen molar-refractivity contribution in [2.24, 2.45) is 4.99 Å². The highest BCUT2D eigenvalue weighted by atomic mass is 15.3. The number of benzene rings is 1. The largest absolute Gasteiger partial charge is 0.357 e. The fraction of sp³-hybridized carbons (Fsp3) is 0.350. The van der Waals surface area contributed by atoms with Crippen LogP contribution in [0.15, 0.2) is 66.2 Å². The van der Waals surface area contributed by atoms with Gasteiger partial charge in [0.25, 0.3) is 0 Å². The van der Waals surface area contributed by atoms with E-state index in [1.54, 1.807) is 6.20 Å². The Morgan fingerprint density at radius 1 is 1.11 bits per heavy atom.